The topological polar surface area (TPSA) is 38.0 Å². The molecule has 2 nitrogen and oxygen atoms in total. The second kappa shape index (κ2) is 4.91. The number of nitrogen functional groups attached to an aromatic ring is 1. The van der Waals surface area contributed by atoms with Crippen LogP contribution in [-0.2, 0) is 6.42 Å². The largest absolute Gasteiger partial charge is 0.399 e. The van der Waals surface area contributed by atoms with Crippen molar-refractivity contribution >= 4 is 17.1 Å². The summed E-state index contributed by atoms with van der Waals surface area (Å²) in [5.41, 5.74) is 11.3. The third-order valence-corrected chi connectivity index (χ3v) is 2.89. The molecule has 0 amide bonds. The molecule has 3 N–H and O–H groups in total. The first kappa shape index (κ1) is 11.5. The molecule has 2 heteroatoms. The van der Waals surface area contributed by atoms with E-state index in [1.807, 2.05) is 19.1 Å². The van der Waals surface area contributed by atoms with Crippen LogP contribution in [0.2, 0.25) is 0 Å². The Balaban J connectivity index is 2.22. The minimum absolute atomic E-state index is 0.831. The van der Waals surface area contributed by atoms with Crippen molar-refractivity contribution in [3.63, 3.8) is 0 Å². The fraction of sp³-hybridized carbons (Fsp3) is 0.200. The van der Waals surface area contributed by atoms with Gasteiger partial charge in [-0.2, -0.15) is 0 Å². The molecule has 2 aromatic rings. The number of aryl methyl sites for hydroxylation is 2. The first-order chi connectivity index (χ1) is 8.19. The van der Waals surface area contributed by atoms with E-state index in [-0.39, 0.29) is 0 Å². The zero-order valence-electron chi connectivity index (χ0n) is 10.3. The van der Waals surface area contributed by atoms with Crippen LogP contribution in [0.5, 0.6) is 0 Å². The maximum absolute atomic E-state index is 5.80. The second-order valence-electron chi connectivity index (χ2n) is 4.25. The third kappa shape index (κ3) is 2.78. The molecule has 88 valence electrons. The van der Waals surface area contributed by atoms with E-state index >= 15 is 0 Å². The van der Waals surface area contributed by atoms with Gasteiger partial charge in [0.2, 0.25) is 0 Å². The van der Waals surface area contributed by atoms with E-state index < -0.39 is 0 Å². The first-order valence-electron chi connectivity index (χ1n) is 5.91. The monoisotopic (exact) mass is 226 g/mol. The number of benzene rings is 2. The van der Waals surface area contributed by atoms with Crippen LogP contribution >= 0.6 is 0 Å². The van der Waals surface area contributed by atoms with Crippen molar-refractivity contribution in [2.24, 2.45) is 0 Å². The fourth-order valence-electron chi connectivity index (χ4n) is 1.79. The molecule has 0 aliphatic rings. The van der Waals surface area contributed by atoms with Crippen LogP contribution in [0.3, 0.4) is 0 Å². The van der Waals surface area contributed by atoms with E-state index in [4.69, 9.17) is 5.73 Å². The Hall–Kier alpha value is -1.96. The summed E-state index contributed by atoms with van der Waals surface area (Å²) in [4.78, 5) is 0. The Morgan fingerprint density at radius 1 is 1.06 bits per heavy atom. The smallest absolute Gasteiger partial charge is 0.0388 e. The number of nitrogens with two attached hydrogens (primary N) is 1. The van der Waals surface area contributed by atoms with Crippen molar-refractivity contribution in [1.82, 2.24) is 0 Å². The molecule has 0 radical (unpaired) electrons. The van der Waals surface area contributed by atoms with Gasteiger partial charge in [0.25, 0.3) is 0 Å². The van der Waals surface area contributed by atoms with Gasteiger partial charge in [0.1, 0.15) is 0 Å². The standard InChI is InChI=1S/C15H18N2/c1-3-12-5-4-6-13(10-12)17-14-7-8-15(16)11(2)9-14/h4-10,17H,3,16H2,1-2H3. The van der Waals surface area contributed by atoms with Gasteiger partial charge < -0.3 is 11.1 Å². The van der Waals surface area contributed by atoms with Crippen LogP contribution in [0.25, 0.3) is 0 Å². The molecule has 2 aromatic carbocycles. The van der Waals surface area contributed by atoms with Gasteiger partial charge in [-0.15, -0.1) is 0 Å². The van der Waals surface area contributed by atoms with Crippen molar-refractivity contribution in [2.75, 3.05) is 11.1 Å². The van der Waals surface area contributed by atoms with Crippen LogP contribution < -0.4 is 11.1 Å². The van der Waals surface area contributed by atoms with Gasteiger partial charge in [0.15, 0.2) is 0 Å². The number of anilines is 3. The highest BCUT2D eigenvalue weighted by molar-refractivity contribution is 5.64. The Kier molecular flexibility index (Phi) is 3.33. The van der Waals surface area contributed by atoms with Gasteiger partial charge in [0.05, 0.1) is 0 Å². The lowest BCUT2D eigenvalue weighted by Gasteiger charge is -2.09. The van der Waals surface area contributed by atoms with Crippen molar-refractivity contribution in [2.45, 2.75) is 20.3 Å². The zero-order chi connectivity index (χ0) is 12.3. The molecule has 2 rings (SSSR count). The predicted molar refractivity (Wildman–Crippen MR) is 74.7 cm³/mol. The highest BCUT2D eigenvalue weighted by atomic mass is 14.9. The Morgan fingerprint density at radius 2 is 1.82 bits per heavy atom. The molecule has 0 aliphatic heterocycles. The first-order valence-corrected chi connectivity index (χ1v) is 5.91. The molecule has 0 aromatic heterocycles. The van der Waals surface area contributed by atoms with Gasteiger partial charge in [0, 0.05) is 17.1 Å². The van der Waals surface area contributed by atoms with E-state index in [0.717, 1.165) is 29.0 Å². The number of nitrogens with one attached hydrogen (secondary N) is 1. The number of hydrogen-bond acceptors (Lipinski definition) is 2. The Morgan fingerprint density at radius 3 is 2.53 bits per heavy atom. The Labute approximate surface area is 102 Å². The molecule has 0 bridgehead atoms. The van der Waals surface area contributed by atoms with E-state index in [2.05, 4.69) is 42.6 Å². The normalized spacial score (nSPS) is 10.2. The molecule has 0 saturated heterocycles. The summed E-state index contributed by atoms with van der Waals surface area (Å²) in [6.45, 7) is 4.18. The summed E-state index contributed by atoms with van der Waals surface area (Å²) in [5.74, 6) is 0. The molecule has 17 heavy (non-hydrogen) atoms. The van der Waals surface area contributed by atoms with E-state index in [9.17, 15) is 0 Å². The van der Waals surface area contributed by atoms with E-state index in [1.165, 1.54) is 5.56 Å². The maximum Gasteiger partial charge on any atom is 0.0388 e. The number of rotatable bonds is 3. The summed E-state index contributed by atoms with van der Waals surface area (Å²) >= 11 is 0. The summed E-state index contributed by atoms with van der Waals surface area (Å²) in [5, 5.41) is 3.39. The second-order valence-corrected chi connectivity index (χ2v) is 4.25. The average molecular weight is 226 g/mol. The minimum atomic E-state index is 0.831. The van der Waals surface area contributed by atoms with Gasteiger partial charge in [-0.3, -0.25) is 0 Å². The van der Waals surface area contributed by atoms with Crippen LogP contribution in [0.4, 0.5) is 17.1 Å². The highest BCUT2D eigenvalue weighted by Crippen LogP contribution is 2.21. The van der Waals surface area contributed by atoms with E-state index in [0.29, 0.717) is 0 Å². The summed E-state index contributed by atoms with van der Waals surface area (Å²) in [6.07, 6.45) is 1.05. The number of hydrogen-bond donors (Lipinski definition) is 2. The summed E-state index contributed by atoms with van der Waals surface area (Å²) in [7, 11) is 0. The van der Waals surface area contributed by atoms with Crippen molar-refractivity contribution < 1.29 is 0 Å². The van der Waals surface area contributed by atoms with Crippen LogP contribution in [0, 0.1) is 6.92 Å². The van der Waals surface area contributed by atoms with E-state index in [1.54, 1.807) is 0 Å². The molecular weight excluding hydrogens is 208 g/mol. The molecular formula is C15H18N2. The highest BCUT2D eigenvalue weighted by Gasteiger charge is 1.98. The average Bonchev–Trinajstić information content (AvgIpc) is 2.34. The third-order valence-electron chi connectivity index (χ3n) is 2.89. The van der Waals surface area contributed by atoms with Crippen molar-refractivity contribution in [1.29, 1.82) is 0 Å². The molecule has 0 aliphatic carbocycles. The van der Waals surface area contributed by atoms with Crippen LogP contribution in [0.1, 0.15) is 18.1 Å². The SMILES string of the molecule is CCc1cccc(Nc2ccc(N)c(C)c2)c1. The van der Waals surface area contributed by atoms with Crippen molar-refractivity contribution in [3.05, 3.63) is 53.6 Å². The van der Waals surface area contributed by atoms with Crippen LogP contribution in [-0.4, -0.2) is 0 Å². The fourth-order valence-corrected chi connectivity index (χ4v) is 1.79. The molecule has 0 spiro atoms. The molecule has 0 unspecified atom stereocenters. The summed E-state index contributed by atoms with van der Waals surface area (Å²) in [6, 6.07) is 14.5. The van der Waals surface area contributed by atoms with Gasteiger partial charge in [-0.25, -0.2) is 0 Å². The lowest BCUT2D eigenvalue weighted by molar-refractivity contribution is 1.14. The van der Waals surface area contributed by atoms with Gasteiger partial charge in [-0.05, 0) is 54.8 Å². The Bertz CT molecular complexity index is 518. The van der Waals surface area contributed by atoms with Gasteiger partial charge in [-0.1, -0.05) is 19.1 Å². The molecule has 0 saturated carbocycles. The minimum Gasteiger partial charge on any atom is -0.399 e. The van der Waals surface area contributed by atoms with Crippen LogP contribution in [0.15, 0.2) is 42.5 Å². The molecule has 0 atom stereocenters. The quantitative estimate of drug-likeness (QED) is 0.779. The lowest BCUT2D eigenvalue weighted by atomic mass is 10.1. The maximum atomic E-state index is 5.80. The van der Waals surface area contributed by atoms with Gasteiger partial charge >= 0.3 is 0 Å². The molecule has 0 heterocycles. The lowest BCUT2D eigenvalue weighted by Crippen LogP contribution is -1.94. The summed E-state index contributed by atoms with van der Waals surface area (Å²) < 4.78 is 0. The predicted octanol–water partition coefficient (Wildman–Crippen LogP) is 3.88. The zero-order valence-corrected chi connectivity index (χ0v) is 10.3. The molecule has 0 fully saturated rings. The van der Waals surface area contributed by atoms with Crippen molar-refractivity contribution in [3.8, 4) is 0 Å².